The van der Waals surface area contributed by atoms with Crippen molar-refractivity contribution in [1.29, 1.82) is 0 Å². The third kappa shape index (κ3) is 6.00. The zero-order valence-electron chi connectivity index (χ0n) is 23.7. The van der Waals surface area contributed by atoms with Crippen LogP contribution in [0.15, 0.2) is 109 Å². The second kappa shape index (κ2) is 12.6. The zero-order valence-corrected chi connectivity index (χ0v) is 23.7. The molecule has 42 heavy (non-hydrogen) atoms. The van der Waals surface area contributed by atoms with Crippen LogP contribution in [-0.2, 0) is 11.2 Å². The summed E-state index contributed by atoms with van der Waals surface area (Å²) in [4.78, 5) is 41.9. The molecule has 5 rings (SSSR count). The van der Waals surface area contributed by atoms with Gasteiger partial charge in [-0.2, -0.15) is 0 Å². The predicted octanol–water partition coefficient (Wildman–Crippen LogP) is 7.77. The van der Waals surface area contributed by atoms with E-state index in [9.17, 15) is 19.7 Å². The number of aryl methyl sites for hydroxylation is 1. The summed E-state index contributed by atoms with van der Waals surface area (Å²) in [6.07, 6.45) is 5.73. The van der Waals surface area contributed by atoms with Crippen LogP contribution in [0, 0.1) is 10.1 Å². The molecule has 7 heteroatoms. The molecule has 0 bridgehead atoms. The number of rotatable bonds is 8. The highest BCUT2D eigenvalue weighted by Crippen LogP contribution is 2.43. The van der Waals surface area contributed by atoms with Gasteiger partial charge in [0.15, 0.2) is 0 Å². The van der Waals surface area contributed by atoms with Gasteiger partial charge in [-0.3, -0.25) is 19.7 Å². The molecular weight excluding hydrogens is 526 g/mol. The SMILES string of the molecule is CCCc1ccc(C(=O)N2c3ccccc3[C@@H](N(C(=O)/C=C/c3ccc([N+](=O)[O-])cc3)c3ccccc3)C[C@@H]2C)cc1. The van der Waals surface area contributed by atoms with E-state index >= 15 is 0 Å². The normalized spacial score (nSPS) is 16.2. The van der Waals surface area contributed by atoms with Gasteiger partial charge in [0, 0.05) is 41.2 Å². The number of nitro groups is 1. The number of benzene rings is 4. The molecule has 1 heterocycles. The third-order valence-corrected chi connectivity index (χ3v) is 7.62. The van der Waals surface area contributed by atoms with Crippen molar-refractivity contribution in [2.45, 2.75) is 45.2 Å². The van der Waals surface area contributed by atoms with Gasteiger partial charge in [-0.25, -0.2) is 0 Å². The Morgan fingerprint density at radius 3 is 2.26 bits per heavy atom. The lowest BCUT2D eigenvalue weighted by Crippen LogP contribution is -2.47. The Bertz CT molecular complexity index is 1600. The Balaban J connectivity index is 1.49. The zero-order chi connectivity index (χ0) is 29.6. The lowest BCUT2D eigenvalue weighted by atomic mass is 9.89. The monoisotopic (exact) mass is 559 g/mol. The Kier molecular flexibility index (Phi) is 8.58. The number of carbonyl (C=O) groups excluding carboxylic acids is 2. The molecule has 4 aromatic rings. The first-order chi connectivity index (χ1) is 20.4. The number of anilines is 2. The van der Waals surface area contributed by atoms with Crippen molar-refractivity contribution in [3.8, 4) is 0 Å². The van der Waals surface area contributed by atoms with E-state index in [-0.39, 0.29) is 29.6 Å². The molecule has 0 saturated carbocycles. The smallest absolute Gasteiger partial charge is 0.269 e. The van der Waals surface area contributed by atoms with Gasteiger partial charge in [-0.05, 0) is 85.0 Å². The highest BCUT2D eigenvalue weighted by Gasteiger charge is 2.38. The van der Waals surface area contributed by atoms with E-state index in [1.807, 2.05) is 90.7 Å². The van der Waals surface area contributed by atoms with Gasteiger partial charge in [0.05, 0.1) is 11.0 Å². The van der Waals surface area contributed by atoms with Gasteiger partial charge in [0.25, 0.3) is 17.5 Å². The number of hydrogen-bond acceptors (Lipinski definition) is 4. The number of carbonyl (C=O) groups is 2. The van der Waals surface area contributed by atoms with Gasteiger partial charge < -0.3 is 9.80 Å². The summed E-state index contributed by atoms with van der Waals surface area (Å²) in [5.74, 6) is -0.287. The summed E-state index contributed by atoms with van der Waals surface area (Å²) in [5, 5.41) is 11.0. The topological polar surface area (TPSA) is 83.8 Å². The van der Waals surface area contributed by atoms with Gasteiger partial charge in [-0.1, -0.05) is 61.9 Å². The minimum Gasteiger partial charge on any atom is -0.305 e. The molecule has 0 spiro atoms. The van der Waals surface area contributed by atoms with Crippen LogP contribution in [0.1, 0.15) is 59.8 Å². The summed E-state index contributed by atoms with van der Waals surface area (Å²) in [6, 6.07) is 30.7. The molecule has 0 aromatic heterocycles. The Morgan fingerprint density at radius 1 is 0.929 bits per heavy atom. The van der Waals surface area contributed by atoms with E-state index < -0.39 is 4.92 Å². The summed E-state index contributed by atoms with van der Waals surface area (Å²) in [6.45, 7) is 4.16. The van der Waals surface area contributed by atoms with Crippen molar-refractivity contribution in [1.82, 2.24) is 0 Å². The molecule has 0 aliphatic carbocycles. The van der Waals surface area contributed by atoms with Crippen LogP contribution in [0.2, 0.25) is 0 Å². The van der Waals surface area contributed by atoms with Crippen molar-refractivity contribution in [3.63, 3.8) is 0 Å². The van der Waals surface area contributed by atoms with E-state index in [0.717, 1.165) is 29.8 Å². The van der Waals surface area contributed by atoms with Crippen LogP contribution in [0.25, 0.3) is 6.08 Å². The molecule has 0 saturated heterocycles. The summed E-state index contributed by atoms with van der Waals surface area (Å²) in [7, 11) is 0. The summed E-state index contributed by atoms with van der Waals surface area (Å²) in [5.41, 5.74) is 4.95. The van der Waals surface area contributed by atoms with Crippen molar-refractivity contribution in [2.75, 3.05) is 9.80 Å². The van der Waals surface area contributed by atoms with Crippen LogP contribution in [0.3, 0.4) is 0 Å². The van der Waals surface area contributed by atoms with Crippen molar-refractivity contribution >= 4 is 35.0 Å². The fraction of sp³-hybridized carbons (Fsp3) is 0.200. The van der Waals surface area contributed by atoms with Gasteiger partial charge in [-0.15, -0.1) is 0 Å². The first-order valence-electron chi connectivity index (χ1n) is 14.2. The average Bonchev–Trinajstić information content (AvgIpc) is 3.01. The average molecular weight is 560 g/mol. The van der Waals surface area contributed by atoms with Gasteiger partial charge in [0.1, 0.15) is 0 Å². The Labute approximate surface area is 245 Å². The molecule has 0 N–H and O–H groups in total. The molecule has 7 nitrogen and oxygen atoms in total. The molecule has 2 amide bonds. The molecule has 0 unspecified atom stereocenters. The fourth-order valence-electron chi connectivity index (χ4n) is 5.58. The molecule has 1 aliphatic rings. The molecule has 2 atom stereocenters. The Morgan fingerprint density at radius 2 is 1.60 bits per heavy atom. The van der Waals surface area contributed by atoms with E-state index in [1.54, 1.807) is 23.1 Å². The van der Waals surface area contributed by atoms with Crippen molar-refractivity contribution in [2.24, 2.45) is 0 Å². The highest BCUT2D eigenvalue weighted by atomic mass is 16.6. The maximum atomic E-state index is 13.9. The predicted molar refractivity (Wildman–Crippen MR) is 167 cm³/mol. The number of fused-ring (bicyclic) bond motifs is 1. The minimum atomic E-state index is -0.451. The lowest BCUT2D eigenvalue weighted by Gasteiger charge is -2.43. The number of hydrogen-bond donors (Lipinski definition) is 0. The number of nitrogens with zero attached hydrogens (tertiary/aromatic N) is 3. The summed E-state index contributed by atoms with van der Waals surface area (Å²) >= 11 is 0. The van der Waals surface area contributed by atoms with Crippen molar-refractivity contribution in [3.05, 3.63) is 142 Å². The maximum absolute atomic E-state index is 13.9. The molecule has 1 aliphatic heterocycles. The lowest BCUT2D eigenvalue weighted by molar-refractivity contribution is -0.384. The van der Waals surface area contributed by atoms with Gasteiger partial charge in [0.2, 0.25) is 0 Å². The van der Waals surface area contributed by atoms with Crippen LogP contribution in [-0.4, -0.2) is 22.8 Å². The minimum absolute atomic E-state index is 0.00630. The van der Waals surface area contributed by atoms with Crippen LogP contribution in [0.5, 0.6) is 0 Å². The number of para-hydroxylation sites is 2. The first kappa shape index (κ1) is 28.5. The fourth-order valence-corrected chi connectivity index (χ4v) is 5.58. The molecule has 0 radical (unpaired) electrons. The van der Waals surface area contributed by atoms with Crippen LogP contribution in [0.4, 0.5) is 17.1 Å². The molecule has 4 aromatic carbocycles. The first-order valence-corrected chi connectivity index (χ1v) is 14.2. The van der Waals surface area contributed by atoms with E-state index in [2.05, 4.69) is 6.92 Å². The number of nitro benzene ring substituents is 1. The number of non-ortho nitro benzene ring substituents is 1. The second-order valence-electron chi connectivity index (χ2n) is 10.5. The van der Waals surface area contributed by atoms with E-state index in [1.165, 1.54) is 23.8 Å². The quantitative estimate of drug-likeness (QED) is 0.125. The summed E-state index contributed by atoms with van der Waals surface area (Å²) < 4.78 is 0. The van der Waals surface area contributed by atoms with E-state index in [4.69, 9.17) is 0 Å². The molecular formula is C35H33N3O4. The van der Waals surface area contributed by atoms with E-state index in [0.29, 0.717) is 17.5 Å². The highest BCUT2D eigenvalue weighted by molar-refractivity contribution is 6.08. The molecule has 212 valence electrons. The van der Waals surface area contributed by atoms with Crippen LogP contribution >= 0.6 is 0 Å². The van der Waals surface area contributed by atoms with Gasteiger partial charge >= 0.3 is 0 Å². The standard InChI is InChI=1S/C35H33N3O4/c1-3-9-26-14-19-28(20-15-26)35(40)36-25(2)24-33(31-12-7-8-13-32(31)36)37(29-10-5-4-6-11-29)34(39)23-18-27-16-21-30(22-17-27)38(41)42/h4-8,10-23,25,33H,3,9,24H2,1-2H3/b23-18+/t25-,33-/m0/s1. The molecule has 0 fully saturated rings. The third-order valence-electron chi connectivity index (χ3n) is 7.62. The second-order valence-corrected chi connectivity index (χ2v) is 10.5. The maximum Gasteiger partial charge on any atom is 0.269 e. The van der Waals surface area contributed by atoms with Crippen molar-refractivity contribution < 1.29 is 14.5 Å². The van der Waals surface area contributed by atoms with Crippen LogP contribution < -0.4 is 9.80 Å². The largest absolute Gasteiger partial charge is 0.305 e. The Hall–Kier alpha value is -5.04. The number of amides is 2.